The second-order valence-corrected chi connectivity index (χ2v) is 7.57. The molecule has 1 N–H and O–H groups in total. The third kappa shape index (κ3) is 4.75. The molecule has 0 aliphatic carbocycles. The van der Waals surface area contributed by atoms with E-state index in [0.717, 1.165) is 50.9 Å². The zero-order valence-electron chi connectivity index (χ0n) is 15.1. The molecule has 2 atom stereocenters. The number of likely N-dealkylation sites (tertiary alicyclic amines) is 1. The molecule has 4 rings (SSSR count). The van der Waals surface area contributed by atoms with E-state index < -0.39 is 0 Å². The summed E-state index contributed by atoms with van der Waals surface area (Å²) in [5, 5.41) is 4.11. The van der Waals surface area contributed by atoms with Gasteiger partial charge in [0, 0.05) is 23.7 Å². The first kappa shape index (κ1) is 20.0. The van der Waals surface area contributed by atoms with Gasteiger partial charge in [0.05, 0.1) is 0 Å². The molecule has 6 heteroatoms. The largest absolute Gasteiger partial charge is 0.457 e. The second-order valence-electron chi connectivity index (χ2n) is 7.13. The third-order valence-electron chi connectivity index (χ3n) is 5.44. The molecule has 2 aliphatic heterocycles. The Bertz CT molecular complexity index is 768. The summed E-state index contributed by atoms with van der Waals surface area (Å²) in [5.41, 5.74) is 0.716. The van der Waals surface area contributed by atoms with E-state index in [0.29, 0.717) is 22.1 Å². The van der Waals surface area contributed by atoms with Crippen LogP contribution in [0.3, 0.4) is 0 Å². The number of hydrogen-bond donors (Lipinski definition) is 1. The van der Waals surface area contributed by atoms with Gasteiger partial charge in [-0.25, -0.2) is 0 Å². The van der Waals surface area contributed by atoms with Crippen molar-refractivity contribution in [1.29, 1.82) is 0 Å². The molecule has 2 fully saturated rings. The second kappa shape index (κ2) is 8.96. The van der Waals surface area contributed by atoms with Gasteiger partial charge in [0.25, 0.3) is 5.91 Å². The topological polar surface area (TPSA) is 41.6 Å². The number of hydrogen-bond acceptors (Lipinski definition) is 3. The fourth-order valence-corrected chi connectivity index (χ4v) is 4.12. The van der Waals surface area contributed by atoms with Gasteiger partial charge in [-0.1, -0.05) is 17.7 Å². The number of carbonyl (C=O) groups is 1. The van der Waals surface area contributed by atoms with Crippen molar-refractivity contribution >= 4 is 29.9 Å². The summed E-state index contributed by atoms with van der Waals surface area (Å²) in [6.07, 6.45) is 2.19. The number of ether oxygens (including phenoxy) is 1. The first-order valence-electron chi connectivity index (χ1n) is 9.22. The van der Waals surface area contributed by atoms with Crippen LogP contribution in [0.2, 0.25) is 5.02 Å². The Morgan fingerprint density at radius 2 is 1.67 bits per heavy atom. The number of rotatable bonds is 3. The van der Waals surface area contributed by atoms with Gasteiger partial charge in [-0.15, -0.1) is 12.4 Å². The van der Waals surface area contributed by atoms with Crippen LogP contribution in [0, 0.1) is 11.8 Å². The Balaban J connectivity index is 0.00000210. The number of nitrogens with one attached hydrogen (secondary N) is 1. The molecule has 4 nitrogen and oxygen atoms in total. The van der Waals surface area contributed by atoms with E-state index >= 15 is 0 Å². The zero-order valence-corrected chi connectivity index (χ0v) is 16.6. The third-order valence-corrected chi connectivity index (χ3v) is 5.67. The minimum Gasteiger partial charge on any atom is -0.457 e. The van der Waals surface area contributed by atoms with Crippen molar-refractivity contribution in [2.45, 2.75) is 12.8 Å². The van der Waals surface area contributed by atoms with Crippen LogP contribution >= 0.6 is 24.0 Å². The molecule has 0 aromatic heterocycles. The molecule has 2 aromatic carbocycles. The zero-order chi connectivity index (χ0) is 17.9. The van der Waals surface area contributed by atoms with Crippen molar-refractivity contribution in [1.82, 2.24) is 10.2 Å². The Hall–Kier alpha value is -1.75. The molecule has 1 amide bonds. The summed E-state index contributed by atoms with van der Waals surface area (Å²) in [4.78, 5) is 14.8. The predicted octanol–water partition coefficient (Wildman–Crippen LogP) is 4.63. The van der Waals surface area contributed by atoms with E-state index in [1.807, 2.05) is 47.4 Å². The highest BCUT2D eigenvalue weighted by Gasteiger charge is 2.31. The summed E-state index contributed by atoms with van der Waals surface area (Å²) in [7, 11) is 0. The van der Waals surface area contributed by atoms with Crippen LogP contribution in [0.1, 0.15) is 23.2 Å². The van der Waals surface area contributed by atoms with Gasteiger partial charge in [0.2, 0.25) is 0 Å². The summed E-state index contributed by atoms with van der Waals surface area (Å²) in [6, 6.07) is 14.6. The molecule has 0 unspecified atom stereocenters. The lowest BCUT2D eigenvalue weighted by Crippen LogP contribution is -2.32. The monoisotopic (exact) mass is 406 g/mol. The van der Waals surface area contributed by atoms with Crippen LogP contribution in [0.4, 0.5) is 0 Å². The molecule has 0 radical (unpaired) electrons. The van der Waals surface area contributed by atoms with Crippen LogP contribution in [0.5, 0.6) is 11.5 Å². The number of halogens is 2. The Morgan fingerprint density at radius 3 is 2.30 bits per heavy atom. The highest BCUT2D eigenvalue weighted by atomic mass is 35.5. The van der Waals surface area contributed by atoms with Gasteiger partial charge in [-0.2, -0.15) is 0 Å². The van der Waals surface area contributed by atoms with Crippen LogP contribution in [0.25, 0.3) is 0 Å². The summed E-state index contributed by atoms with van der Waals surface area (Å²) in [5.74, 6) is 2.94. The van der Waals surface area contributed by atoms with Crippen molar-refractivity contribution < 1.29 is 9.53 Å². The number of benzene rings is 2. The van der Waals surface area contributed by atoms with Crippen molar-refractivity contribution in [3.8, 4) is 11.5 Å². The number of nitrogens with zero attached hydrogens (tertiary/aromatic N) is 1. The molecule has 0 spiro atoms. The number of fused-ring (bicyclic) bond motifs is 1. The van der Waals surface area contributed by atoms with Gasteiger partial charge in [0.15, 0.2) is 0 Å². The van der Waals surface area contributed by atoms with E-state index in [-0.39, 0.29) is 18.3 Å². The molecular weight excluding hydrogens is 383 g/mol. The minimum atomic E-state index is 0. The first-order valence-corrected chi connectivity index (χ1v) is 9.60. The van der Waals surface area contributed by atoms with Gasteiger partial charge < -0.3 is 15.0 Å². The maximum Gasteiger partial charge on any atom is 0.253 e. The molecule has 2 aromatic rings. The molecule has 2 saturated heterocycles. The molecule has 0 saturated carbocycles. The lowest BCUT2D eigenvalue weighted by atomic mass is 9.92. The summed E-state index contributed by atoms with van der Waals surface area (Å²) >= 11 is 5.98. The van der Waals surface area contributed by atoms with Crippen LogP contribution in [0.15, 0.2) is 48.5 Å². The van der Waals surface area contributed by atoms with Gasteiger partial charge in [-0.05, 0) is 80.2 Å². The van der Waals surface area contributed by atoms with Crippen molar-refractivity contribution in [3.63, 3.8) is 0 Å². The van der Waals surface area contributed by atoms with Crippen molar-refractivity contribution in [2.75, 3.05) is 26.2 Å². The SMILES string of the molecule is Cl.O=C(c1ccc(Oc2cccc(Cl)c2)cc1)N1CC[C@@H]2CNC[C@@H]2CC1. The molecule has 144 valence electrons. The smallest absolute Gasteiger partial charge is 0.253 e. The quantitative estimate of drug-likeness (QED) is 0.807. The maximum atomic E-state index is 12.8. The average molecular weight is 407 g/mol. The summed E-state index contributed by atoms with van der Waals surface area (Å²) in [6.45, 7) is 3.90. The van der Waals surface area contributed by atoms with Crippen molar-refractivity contribution in [3.05, 3.63) is 59.1 Å². The Kier molecular flexibility index (Phi) is 6.64. The average Bonchev–Trinajstić information content (AvgIpc) is 3.00. The van der Waals surface area contributed by atoms with E-state index in [9.17, 15) is 4.79 Å². The van der Waals surface area contributed by atoms with Gasteiger partial charge in [-0.3, -0.25) is 4.79 Å². The normalized spacial score (nSPS) is 21.7. The van der Waals surface area contributed by atoms with E-state index in [4.69, 9.17) is 16.3 Å². The van der Waals surface area contributed by atoms with Gasteiger partial charge in [0.1, 0.15) is 11.5 Å². The van der Waals surface area contributed by atoms with Gasteiger partial charge >= 0.3 is 0 Å². The highest BCUT2D eigenvalue weighted by Crippen LogP contribution is 2.28. The molecule has 2 aliphatic rings. The first-order chi connectivity index (χ1) is 12.7. The maximum absolute atomic E-state index is 12.8. The van der Waals surface area contributed by atoms with E-state index in [1.165, 1.54) is 0 Å². The highest BCUT2D eigenvalue weighted by molar-refractivity contribution is 6.30. The molecular formula is C21H24Cl2N2O2. The van der Waals surface area contributed by atoms with Crippen LogP contribution < -0.4 is 10.1 Å². The predicted molar refractivity (Wildman–Crippen MR) is 110 cm³/mol. The number of carbonyl (C=O) groups excluding carboxylic acids is 1. The number of amides is 1. The summed E-state index contributed by atoms with van der Waals surface area (Å²) < 4.78 is 5.79. The van der Waals surface area contributed by atoms with E-state index in [1.54, 1.807) is 6.07 Å². The molecule has 0 bridgehead atoms. The molecule has 2 heterocycles. The fourth-order valence-electron chi connectivity index (χ4n) is 3.94. The lowest BCUT2D eigenvalue weighted by molar-refractivity contribution is 0.0758. The van der Waals surface area contributed by atoms with E-state index in [2.05, 4.69) is 5.32 Å². The molecule has 27 heavy (non-hydrogen) atoms. The Labute approximate surface area is 171 Å². The standard InChI is InChI=1S/C21H23ClN2O2.ClH/c22-18-2-1-3-20(12-18)26-19-6-4-15(5-7-19)21(25)24-10-8-16-13-23-14-17(16)9-11-24;/h1-7,12,16-17,23H,8-11,13-14H2;1H/t16-,17+;. The van der Waals surface area contributed by atoms with Crippen LogP contribution in [-0.2, 0) is 0 Å². The Morgan fingerprint density at radius 1 is 1.00 bits per heavy atom. The fraction of sp³-hybridized carbons (Fsp3) is 0.381. The lowest BCUT2D eigenvalue weighted by Gasteiger charge is -2.21. The van der Waals surface area contributed by atoms with Crippen LogP contribution in [-0.4, -0.2) is 37.0 Å². The minimum absolute atomic E-state index is 0. The van der Waals surface area contributed by atoms with Crippen molar-refractivity contribution in [2.24, 2.45) is 11.8 Å².